The fourth-order valence-corrected chi connectivity index (χ4v) is 5.73. The Balaban J connectivity index is 1.79. The Kier molecular flexibility index (Phi) is 7.54. The predicted octanol–water partition coefficient (Wildman–Crippen LogP) is 4.24. The number of hydrogen-bond acceptors (Lipinski definition) is 5. The first-order valence-corrected chi connectivity index (χ1v) is 13.8. The van der Waals surface area contributed by atoms with Crippen LogP contribution in [0, 0.1) is 6.92 Å². The average molecular weight is 522 g/mol. The molecule has 1 amide bonds. The average Bonchev–Trinajstić information content (AvgIpc) is 2.76. The number of nitrogens with zero attached hydrogens (tertiary/aromatic N) is 1. The molecule has 3 aromatic rings. The summed E-state index contributed by atoms with van der Waals surface area (Å²) in [4.78, 5) is 12.9. The van der Waals surface area contributed by atoms with Gasteiger partial charge in [0, 0.05) is 16.4 Å². The number of carbonyl (C=O) groups is 1. The van der Waals surface area contributed by atoms with Gasteiger partial charge in [0.15, 0.2) is 0 Å². The minimum atomic E-state index is -3.82. The zero-order valence-corrected chi connectivity index (χ0v) is 21.1. The Morgan fingerprint density at radius 2 is 1.53 bits per heavy atom. The van der Waals surface area contributed by atoms with Crippen LogP contribution in [-0.4, -0.2) is 35.0 Å². The largest absolute Gasteiger partial charge is 0.324 e. The van der Waals surface area contributed by atoms with Crippen molar-refractivity contribution in [1.29, 1.82) is 0 Å². The summed E-state index contributed by atoms with van der Waals surface area (Å²) >= 11 is 6.05. The van der Waals surface area contributed by atoms with E-state index in [1.54, 1.807) is 49.4 Å². The summed E-state index contributed by atoms with van der Waals surface area (Å²) in [6.45, 7) is 3.18. The van der Waals surface area contributed by atoms with Crippen molar-refractivity contribution < 1.29 is 21.6 Å². The second-order valence-corrected chi connectivity index (χ2v) is 11.6. The SMILES string of the molecule is Cc1ccc(Cl)cc1N([C@@H](C)C(=O)Nc1ccc(S(=O)(=O)Nc2ccccc2)cc1)S(C)(=O)=O. The van der Waals surface area contributed by atoms with Crippen molar-refractivity contribution in [2.45, 2.75) is 24.8 Å². The lowest BCUT2D eigenvalue weighted by molar-refractivity contribution is -0.116. The van der Waals surface area contributed by atoms with Crippen LogP contribution in [0.5, 0.6) is 0 Å². The number of nitrogens with one attached hydrogen (secondary N) is 2. The second-order valence-electron chi connectivity index (χ2n) is 7.65. The van der Waals surface area contributed by atoms with Gasteiger partial charge in [0.1, 0.15) is 6.04 Å². The minimum absolute atomic E-state index is 0.00900. The van der Waals surface area contributed by atoms with Crippen molar-refractivity contribution in [3.05, 3.63) is 83.4 Å². The molecule has 180 valence electrons. The first-order chi connectivity index (χ1) is 15.9. The van der Waals surface area contributed by atoms with Gasteiger partial charge < -0.3 is 5.32 Å². The number of rotatable bonds is 8. The molecule has 34 heavy (non-hydrogen) atoms. The highest BCUT2D eigenvalue weighted by Crippen LogP contribution is 2.28. The smallest absolute Gasteiger partial charge is 0.261 e. The van der Waals surface area contributed by atoms with Crippen LogP contribution in [0.2, 0.25) is 5.02 Å². The van der Waals surface area contributed by atoms with E-state index in [1.807, 2.05) is 0 Å². The number of anilines is 3. The molecule has 0 heterocycles. The first-order valence-electron chi connectivity index (χ1n) is 10.1. The maximum atomic E-state index is 12.9. The normalized spacial score (nSPS) is 12.6. The van der Waals surface area contributed by atoms with Gasteiger partial charge in [-0.1, -0.05) is 35.9 Å². The summed E-state index contributed by atoms with van der Waals surface area (Å²) in [5.74, 6) is -0.595. The molecule has 0 aliphatic carbocycles. The van der Waals surface area contributed by atoms with E-state index in [2.05, 4.69) is 10.0 Å². The van der Waals surface area contributed by atoms with E-state index in [0.29, 0.717) is 27.6 Å². The second kappa shape index (κ2) is 10.0. The highest BCUT2D eigenvalue weighted by atomic mass is 35.5. The summed E-state index contributed by atoms with van der Waals surface area (Å²) in [5.41, 5.74) is 1.67. The lowest BCUT2D eigenvalue weighted by atomic mass is 10.1. The zero-order chi connectivity index (χ0) is 25.1. The molecule has 0 saturated carbocycles. The van der Waals surface area contributed by atoms with Gasteiger partial charge in [-0.05, 0) is 67.9 Å². The van der Waals surface area contributed by atoms with Crippen molar-refractivity contribution >= 4 is 54.6 Å². The Morgan fingerprint density at radius 1 is 0.912 bits per heavy atom. The molecule has 3 aromatic carbocycles. The number of benzene rings is 3. The highest BCUT2D eigenvalue weighted by molar-refractivity contribution is 7.92. The minimum Gasteiger partial charge on any atom is -0.324 e. The van der Waals surface area contributed by atoms with Crippen LogP contribution in [0.1, 0.15) is 12.5 Å². The van der Waals surface area contributed by atoms with Crippen LogP contribution in [0.15, 0.2) is 77.7 Å². The van der Waals surface area contributed by atoms with Gasteiger partial charge in [0.05, 0.1) is 16.8 Å². The summed E-state index contributed by atoms with van der Waals surface area (Å²) in [5, 5.41) is 2.97. The predicted molar refractivity (Wildman–Crippen MR) is 135 cm³/mol. The monoisotopic (exact) mass is 521 g/mol. The zero-order valence-electron chi connectivity index (χ0n) is 18.7. The van der Waals surface area contributed by atoms with Gasteiger partial charge in [0.2, 0.25) is 15.9 Å². The van der Waals surface area contributed by atoms with Crippen molar-refractivity contribution in [3.8, 4) is 0 Å². The molecule has 0 spiro atoms. The Morgan fingerprint density at radius 3 is 2.12 bits per heavy atom. The van der Waals surface area contributed by atoms with E-state index >= 15 is 0 Å². The summed E-state index contributed by atoms with van der Waals surface area (Å²) in [7, 11) is -7.64. The number of amides is 1. The van der Waals surface area contributed by atoms with E-state index in [1.165, 1.54) is 37.3 Å². The molecule has 0 bridgehead atoms. The maximum absolute atomic E-state index is 12.9. The lowest BCUT2D eigenvalue weighted by Crippen LogP contribution is -2.45. The molecule has 0 aliphatic heterocycles. The quantitative estimate of drug-likeness (QED) is 0.460. The van der Waals surface area contributed by atoms with Crippen LogP contribution >= 0.6 is 11.6 Å². The number of aryl methyl sites for hydroxylation is 1. The third-order valence-corrected chi connectivity index (χ3v) is 7.82. The van der Waals surface area contributed by atoms with Gasteiger partial charge >= 0.3 is 0 Å². The molecule has 0 aliphatic rings. The molecule has 0 fully saturated rings. The molecular weight excluding hydrogens is 498 g/mol. The number of sulfonamides is 2. The van der Waals surface area contributed by atoms with Crippen LogP contribution < -0.4 is 14.3 Å². The van der Waals surface area contributed by atoms with Crippen molar-refractivity contribution in [1.82, 2.24) is 0 Å². The Bertz CT molecular complexity index is 1390. The van der Waals surface area contributed by atoms with E-state index in [4.69, 9.17) is 11.6 Å². The van der Waals surface area contributed by atoms with Gasteiger partial charge in [-0.3, -0.25) is 13.8 Å². The summed E-state index contributed by atoms with van der Waals surface area (Å²) in [6.07, 6.45) is 1.01. The summed E-state index contributed by atoms with van der Waals surface area (Å²) < 4.78 is 53.7. The van der Waals surface area contributed by atoms with E-state index in [-0.39, 0.29) is 4.90 Å². The van der Waals surface area contributed by atoms with E-state index < -0.39 is 32.0 Å². The molecule has 0 saturated heterocycles. The van der Waals surface area contributed by atoms with Gasteiger partial charge in [-0.2, -0.15) is 0 Å². The molecule has 0 unspecified atom stereocenters. The standard InChI is InChI=1S/C23H24ClN3O5S2/c1-16-9-10-18(24)15-22(16)27(33(3,29)30)17(2)23(28)25-19-11-13-21(14-12-19)34(31,32)26-20-7-5-4-6-8-20/h4-15,17,26H,1-3H3,(H,25,28)/t17-/m0/s1. The number of hydrogen-bond donors (Lipinski definition) is 2. The number of carbonyl (C=O) groups excluding carboxylic acids is 1. The van der Waals surface area contributed by atoms with Crippen LogP contribution in [-0.2, 0) is 24.8 Å². The Hall–Kier alpha value is -3.08. The van der Waals surface area contributed by atoms with Crippen LogP contribution in [0.3, 0.4) is 0 Å². The molecule has 8 nitrogen and oxygen atoms in total. The van der Waals surface area contributed by atoms with Crippen molar-refractivity contribution in [3.63, 3.8) is 0 Å². The number of halogens is 1. The van der Waals surface area contributed by atoms with Crippen molar-refractivity contribution in [2.24, 2.45) is 0 Å². The van der Waals surface area contributed by atoms with Crippen LogP contribution in [0.4, 0.5) is 17.1 Å². The third-order valence-electron chi connectivity index (χ3n) is 4.96. The first kappa shape index (κ1) is 25.5. The Labute approximate surface area is 204 Å². The fourth-order valence-electron chi connectivity index (χ4n) is 3.29. The molecule has 1 atom stereocenters. The van der Waals surface area contributed by atoms with Gasteiger partial charge in [-0.25, -0.2) is 16.8 Å². The topological polar surface area (TPSA) is 113 Å². The summed E-state index contributed by atoms with van der Waals surface area (Å²) in [6, 6.07) is 17.7. The van der Waals surface area contributed by atoms with Crippen LogP contribution in [0.25, 0.3) is 0 Å². The maximum Gasteiger partial charge on any atom is 0.261 e. The van der Waals surface area contributed by atoms with E-state index in [9.17, 15) is 21.6 Å². The molecule has 11 heteroatoms. The molecule has 0 radical (unpaired) electrons. The molecule has 0 aromatic heterocycles. The fraction of sp³-hybridized carbons (Fsp3) is 0.174. The molecular formula is C23H24ClN3O5S2. The van der Waals surface area contributed by atoms with Gasteiger partial charge in [0.25, 0.3) is 10.0 Å². The van der Waals surface area contributed by atoms with Crippen molar-refractivity contribution in [2.75, 3.05) is 20.6 Å². The van der Waals surface area contributed by atoms with Gasteiger partial charge in [-0.15, -0.1) is 0 Å². The third kappa shape index (κ3) is 6.07. The highest BCUT2D eigenvalue weighted by Gasteiger charge is 2.30. The molecule has 2 N–H and O–H groups in total. The molecule has 3 rings (SSSR count). The lowest BCUT2D eigenvalue weighted by Gasteiger charge is -2.29. The van der Waals surface area contributed by atoms with E-state index in [0.717, 1.165) is 10.6 Å². The number of para-hydroxylation sites is 1.